The van der Waals surface area contributed by atoms with E-state index >= 15 is 0 Å². The van der Waals surface area contributed by atoms with Gasteiger partial charge < -0.3 is 15.3 Å². The predicted octanol–water partition coefficient (Wildman–Crippen LogP) is 3.03. The van der Waals surface area contributed by atoms with Gasteiger partial charge in [-0.05, 0) is 47.2 Å². The molecule has 0 radical (unpaired) electrons. The van der Waals surface area contributed by atoms with Crippen molar-refractivity contribution in [1.29, 1.82) is 0 Å². The van der Waals surface area contributed by atoms with E-state index in [0.29, 0.717) is 29.5 Å². The summed E-state index contributed by atoms with van der Waals surface area (Å²) in [4.78, 5) is 25.3. The Balaban J connectivity index is 0.000000414. The van der Waals surface area contributed by atoms with Crippen molar-refractivity contribution in [1.82, 2.24) is 9.80 Å². The van der Waals surface area contributed by atoms with Crippen LogP contribution in [0.3, 0.4) is 0 Å². The number of β-amino-alcohol motifs (C(OH)–C–C–N with tert-alkyl or cyclic N) is 1. The van der Waals surface area contributed by atoms with E-state index in [4.69, 9.17) is 10.2 Å². The number of benzene rings is 2. The molecule has 0 saturated carbocycles. The molecule has 2 aliphatic rings. The van der Waals surface area contributed by atoms with E-state index in [0.717, 1.165) is 48.6 Å². The van der Waals surface area contributed by atoms with Crippen molar-refractivity contribution in [3.63, 3.8) is 0 Å². The number of hydrogen-bond donors (Lipinski definition) is 3. The van der Waals surface area contributed by atoms with E-state index in [1.807, 2.05) is 6.07 Å². The average molecular weight is 533 g/mol. The van der Waals surface area contributed by atoms with Gasteiger partial charge in [0, 0.05) is 60.7 Å². The summed E-state index contributed by atoms with van der Waals surface area (Å²) in [6.07, 6.45) is 1.85. The summed E-state index contributed by atoms with van der Waals surface area (Å²) in [5.41, 5.74) is 3.32. The minimum Gasteiger partial charge on any atom is -0.478 e. The fourth-order valence-corrected chi connectivity index (χ4v) is 6.02. The van der Waals surface area contributed by atoms with Crippen LogP contribution in [0.5, 0.6) is 0 Å². The highest BCUT2D eigenvalue weighted by molar-refractivity contribution is 7.85. The van der Waals surface area contributed by atoms with Crippen LogP contribution in [-0.2, 0) is 26.8 Å². The average Bonchev–Trinajstić information content (AvgIpc) is 2.98. The van der Waals surface area contributed by atoms with Crippen molar-refractivity contribution in [2.75, 3.05) is 39.3 Å². The van der Waals surface area contributed by atoms with Crippen LogP contribution < -0.4 is 0 Å². The fourth-order valence-electron chi connectivity index (χ4n) is 4.57. The lowest BCUT2D eigenvalue weighted by molar-refractivity contribution is -0.134. The standard InChI is InChI=1S/C23H29FN2O2S.C4H4O4/c1-16(2)17-4-6-22-20(13-17)21(26-9-7-25(8-10-26)11-12-27)14-18-3-5-19(24)15-23(18)29(22)28;5-3(6)1-2-4(7)8/h3-6,13,15-16,21,27H,7-12,14H2,1-2H3;1-2H,(H,5,6)(H,7,8)/b;2-1+/t21-,29?;/m0./s1. The Labute approximate surface area is 218 Å². The molecule has 37 heavy (non-hydrogen) atoms. The summed E-state index contributed by atoms with van der Waals surface area (Å²) < 4.78 is 27.4. The van der Waals surface area contributed by atoms with Crippen molar-refractivity contribution in [2.45, 2.75) is 42.0 Å². The first-order chi connectivity index (χ1) is 17.6. The zero-order valence-electron chi connectivity index (χ0n) is 21.0. The minimum atomic E-state index is -1.38. The SMILES string of the molecule is CC(C)c1ccc2c(c1)[C@@H](N1CCN(CCO)CC1)Cc1ccc(F)cc1S2=O.O=C(O)/C=C/C(=O)O. The van der Waals surface area contributed by atoms with Crippen molar-refractivity contribution in [2.24, 2.45) is 0 Å². The van der Waals surface area contributed by atoms with Gasteiger partial charge in [0.25, 0.3) is 0 Å². The molecule has 2 aliphatic heterocycles. The summed E-state index contributed by atoms with van der Waals surface area (Å²) in [5.74, 6) is -2.47. The normalized spacial score (nSPS) is 20.0. The largest absolute Gasteiger partial charge is 0.478 e. The molecule has 2 heterocycles. The quantitative estimate of drug-likeness (QED) is 0.486. The van der Waals surface area contributed by atoms with Gasteiger partial charge in [-0.2, -0.15) is 0 Å². The molecule has 2 atom stereocenters. The van der Waals surface area contributed by atoms with Crippen molar-refractivity contribution >= 4 is 22.7 Å². The maximum Gasteiger partial charge on any atom is 0.328 e. The van der Waals surface area contributed by atoms with Crippen LogP contribution in [0.2, 0.25) is 0 Å². The molecule has 0 bridgehead atoms. The smallest absolute Gasteiger partial charge is 0.328 e. The van der Waals surface area contributed by atoms with Gasteiger partial charge in [-0.3, -0.25) is 9.80 Å². The Bertz CT molecular complexity index is 1160. The van der Waals surface area contributed by atoms with E-state index in [9.17, 15) is 23.3 Å². The first-order valence-corrected chi connectivity index (χ1v) is 13.3. The van der Waals surface area contributed by atoms with Crippen molar-refractivity contribution < 1.29 is 33.5 Å². The zero-order chi connectivity index (χ0) is 27.1. The van der Waals surface area contributed by atoms with Gasteiger partial charge >= 0.3 is 11.9 Å². The third kappa shape index (κ3) is 7.54. The van der Waals surface area contributed by atoms with E-state index in [2.05, 4.69) is 35.8 Å². The van der Waals surface area contributed by atoms with Crippen LogP contribution in [0, 0.1) is 5.82 Å². The van der Waals surface area contributed by atoms with E-state index in [-0.39, 0.29) is 18.5 Å². The van der Waals surface area contributed by atoms with Crippen molar-refractivity contribution in [3.05, 3.63) is 71.1 Å². The molecule has 4 rings (SSSR count). The Hall–Kier alpha value is -2.92. The fraction of sp³-hybridized carbons (Fsp3) is 0.407. The number of carbonyl (C=O) groups is 2. The van der Waals surface area contributed by atoms with E-state index in [1.165, 1.54) is 17.7 Å². The molecule has 2 aromatic rings. The van der Waals surface area contributed by atoms with Gasteiger partial charge in [0.15, 0.2) is 0 Å². The number of aliphatic hydroxyl groups is 1. The number of piperazine rings is 1. The first kappa shape index (κ1) is 28.6. The lowest BCUT2D eigenvalue weighted by atomic mass is 9.93. The van der Waals surface area contributed by atoms with Gasteiger partial charge in [-0.1, -0.05) is 32.0 Å². The first-order valence-electron chi connectivity index (χ1n) is 12.2. The Morgan fingerprint density at radius 2 is 1.68 bits per heavy atom. The molecule has 1 fully saturated rings. The lowest BCUT2D eigenvalue weighted by Crippen LogP contribution is -2.48. The molecule has 1 unspecified atom stereocenters. The zero-order valence-corrected chi connectivity index (χ0v) is 21.8. The van der Waals surface area contributed by atoms with Crippen molar-refractivity contribution in [3.8, 4) is 0 Å². The number of rotatable bonds is 6. The van der Waals surface area contributed by atoms with Crippen LogP contribution in [0.4, 0.5) is 4.39 Å². The third-order valence-electron chi connectivity index (χ3n) is 6.53. The molecule has 0 spiro atoms. The summed E-state index contributed by atoms with van der Waals surface area (Å²) in [6.45, 7) is 8.86. The second-order valence-corrected chi connectivity index (χ2v) is 10.7. The van der Waals surface area contributed by atoms with Crippen LogP contribution in [-0.4, -0.2) is 80.6 Å². The molecular weight excluding hydrogens is 499 g/mol. The summed E-state index contributed by atoms with van der Waals surface area (Å²) >= 11 is 0. The molecular formula is C27H33FN2O6S. The van der Waals surface area contributed by atoms with Crippen LogP contribution in [0.1, 0.15) is 42.5 Å². The van der Waals surface area contributed by atoms with Gasteiger partial charge in [-0.15, -0.1) is 0 Å². The number of hydrogen-bond acceptors (Lipinski definition) is 6. The second kappa shape index (κ2) is 13.0. The number of halogens is 1. The number of carboxylic acid groups (broad SMARTS) is 2. The number of fused-ring (bicyclic) bond motifs is 2. The summed E-state index contributed by atoms with van der Waals surface area (Å²) in [7, 11) is -1.38. The maximum absolute atomic E-state index is 13.9. The second-order valence-electron chi connectivity index (χ2n) is 9.30. The molecule has 3 N–H and O–H groups in total. The highest BCUT2D eigenvalue weighted by atomic mass is 32.2. The number of aliphatic hydroxyl groups excluding tert-OH is 1. The van der Waals surface area contributed by atoms with Gasteiger partial charge in [0.2, 0.25) is 0 Å². The minimum absolute atomic E-state index is 0.121. The summed E-state index contributed by atoms with van der Waals surface area (Å²) in [6, 6.07) is 11.1. The Kier molecular flexibility index (Phi) is 10.1. The summed E-state index contributed by atoms with van der Waals surface area (Å²) in [5, 5.41) is 24.8. The van der Waals surface area contributed by atoms with Gasteiger partial charge in [-0.25, -0.2) is 18.2 Å². The lowest BCUT2D eigenvalue weighted by Gasteiger charge is -2.39. The number of aliphatic carboxylic acids is 2. The maximum atomic E-state index is 13.9. The van der Waals surface area contributed by atoms with E-state index < -0.39 is 22.7 Å². The molecule has 2 aromatic carbocycles. The Morgan fingerprint density at radius 1 is 1.03 bits per heavy atom. The highest BCUT2D eigenvalue weighted by Gasteiger charge is 2.32. The predicted molar refractivity (Wildman–Crippen MR) is 138 cm³/mol. The monoisotopic (exact) mass is 532 g/mol. The molecule has 200 valence electrons. The highest BCUT2D eigenvalue weighted by Crippen LogP contribution is 2.39. The third-order valence-corrected chi connectivity index (χ3v) is 8.08. The van der Waals surface area contributed by atoms with Crippen LogP contribution in [0.15, 0.2) is 58.3 Å². The molecule has 8 nitrogen and oxygen atoms in total. The van der Waals surface area contributed by atoms with Crippen LogP contribution >= 0.6 is 0 Å². The number of carboxylic acids is 2. The van der Waals surface area contributed by atoms with Gasteiger partial charge in [0.05, 0.1) is 17.4 Å². The molecule has 0 aromatic heterocycles. The Morgan fingerprint density at radius 3 is 2.24 bits per heavy atom. The topological polar surface area (TPSA) is 118 Å². The number of nitrogens with zero attached hydrogens (tertiary/aromatic N) is 2. The molecule has 0 amide bonds. The molecule has 1 saturated heterocycles. The van der Waals surface area contributed by atoms with E-state index in [1.54, 1.807) is 6.07 Å². The molecule has 10 heteroatoms. The van der Waals surface area contributed by atoms with Crippen LogP contribution in [0.25, 0.3) is 0 Å². The molecule has 0 aliphatic carbocycles. The van der Waals surface area contributed by atoms with Gasteiger partial charge in [0.1, 0.15) is 5.82 Å².